The van der Waals surface area contributed by atoms with Crippen LogP contribution in [0.25, 0.3) is 16.8 Å². The summed E-state index contributed by atoms with van der Waals surface area (Å²) in [4.78, 5) is 27.5. The summed E-state index contributed by atoms with van der Waals surface area (Å²) in [6, 6.07) is 6.88. The van der Waals surface area contributed by atoms with Gasteiger partial charge in [-0.05, 0) is 30.2 Å². The number of nitrogens with two attached hydrogens (primary N) is 1. The lowest BCUT2D eigenvalue weighted by atomic mass is 9.97. The molecule has 0 radical (unpaired) electrons. The number of amides is 3. The number of carbonyl (C=O) groups is 2. The quantitative estimate of drug-likeness (QED) is 0.688. The zero-order valence-corrected chi connectivity index (χ0v) is 13.3. The van der Waals surface area contributed by atoms with Crippen molar-refractivity contribution in [1.82, 2.24) is 14.7 Å². The Morgan fingerprint density at radius 3 is 2.79 bits per heavy atom. The highest BCUT2D eigenvalue weighted by molar-refractivity contribution is 5.97. The third-order valence-electron chi connectivity index (χ3n) is 3.87. The van der Waals surface area contributed by atoms with E-state index in [2.05, 4.69) is 15.6 Å². The molecule has 2 aromatic heterocycles. The first kappa shape index (κ1) is 15.5. The van der Waals surface area contributed by atoms with Gasteiger partial charge < -0.3 is 20.8 Å². The normalized spacial score (nSPS) is 10.6. The monoisotopic (exact) mass is 323 g/mol. The molecule has 3 amide bonds. The zero-order chi connectivity index (χ0) is 17.3. The van der Waals surface area contributed by atoms with Gasteiger partial charge in [-0.3, -0.25) is 4.79 Å². The van der Waals surface area contributed by atoms with Gasteiger partial charge in [0.15, 0.2) is 5.65 Å². The van der Waals surface area contributed by atoms with Gasteiger partial charge in [0.1, 0.15) is 0 Å². The van der Waals surface area contributed by atoms with Gasteiger partial charge in [0, 0.05) is 36.8 Å². The molecule has 0 fully saturated rings. The van der Waals surface area contributed by atoms with Crippen LogP contribution in [0, 0.1) is 6.92 Å². The number of anilines is 1. The van der Waals surface area contributed by atoms with Crippen LogP contribution in [0.15, 0.2) is 42.9 Å². The first-order valence-electron chi connectivity index (χ1n) is 7.36. The van der Waals surface area contributed by atoms with Crippen LogP contribution in [0.2, 0.25) is 0 Å². The molecule has 24 heavy (non-hydrogen) atoms. The molecule has 0 aliphatic heterocycles. The zero-order valence-electron chi connectivity index (χ0n) is 13.3. The third-order valence-corrected chi connectivity index (χ3v) is 3.87. The number of fused-ring (bicyclic) bond motifs is 1. The SMILES string of the molecule is CNC(=O)Nc1cc(-c2cccc(C(N)=O)c2C)cn2ccnc12. The minimum atomic E-state index is -0.471. The topological polar surface area (TPSA) is 102 Å². The van der Waals surface area contributed by atoms with Crippen molar-refractivity contribution in [2.75, 3.05) is 12.4 Å². The van der Waals surface area contributed by atoms with Crippen molar-refractivity contribution < 1.29 is 9.59 Å². The summed E-state index contributed by atoms with van der Waals surface area (Å²) in [5.74, 6) is -0.471. The lowest BCUT2D eigenvalue weighted by molar-refractivity contribution is 0.0999. The molecule has 2 heterocycles. The molecule has 0 saturated heterocycles. The molecule has 1 aromatic carbocycles. The highest BCUT2D eigenvalue weighted by Crippen LogP contribution is 2.29. The molecule has 4 N–H and O–H groups in total. The Morgan fingerprint density at radius 2 is 2.08 bits per heavy atom. The number of primary amides is 1. The van der Waals surface area contributed by atoms with E-state index in [0.29, 0.717) is 16.9 Å². The Bertz CT molecular complexity index is 945. The van der Waals surface area contributed by atoms with E-state index in [-0.39, 0.29) is 6.03 Å². The molecule has 0 saturated carbocycles. The number of pyridine rings is 1. The number of hydrogen-bond acceptors (Lipinski definition) is 3. The maximum Gasteiger partial charge on any atom is 0.319 e. The number of benzene rings is 1. The molecule has 0 aliphatic rings. The number of nitrogens with zero attached hydrogens (tertiary/aromatic N) is 2. The van der Waals surface area contributed by atoms with Gasteiger partial charge in [-0.1, -0.05) is 12.1 Å². The van der Waals surface area contributed by atoms with E-state index in [4.69, 9.17) is 5.73 Å². The first-order valence-corrected chi connectivity index (χ1v) is 7.36. The second-order valence-electron chi connectivity index (χ2n) is 5.35. The lowest BCUT2D eigenvalue weighted by Crippen LogP contribution is -2.24. The molecule has 0 atom stereocenters. The van der Waals surface area contributed by atoms with Crippen molar-refractivity contribution in [2.24, 2.45) is 5.73 Å². The minimum Gasteiger partial charge on any atom is -0.366 e. The number of rotatable bonds is 3. The van der Waals surface area contributed by atoms with E-state index >= 15 is 0 Å². The average Bonchev–Trinajstić information content (AvgIpc) is 3.03. The minimum absolute atomic E-state index is 0.334. The maximum absolute atomic E-state index is 11.7. The molecule has 0 aliphatic carbocycles. The van der Waals surface area contributed by atoms with E-state index in [9.17, 15) is 9.59 Å². The van der Waals surface area contributed by atoms with Gasteiger partial charge in [-0.15, -0.1) is 0 Å². The maximum atomic E-state index is 11.7. The van der Waals surface area contributed by atoms with E-state index in [1.54, 1.807) is 31.6 Å². The van der Waals surface area contributed by atoms with Crippen molar-refractivity contribution in [3.8, 4) is 11.1 Å². The van der Waals surface area contributed by atoms with Crippen LogP contribution in [0.4, 0.5) is 10.5 Å². The molecule has 0 unspecified atom stereocenters. The molecule has 3 rings (SSSR count). The Balaban J connectivity index is 2.19. The summed E-state index contributed by atoms with van der Waals surface area (Å²) in [5.41, 5.74) is 9.59. The largest absolute Gasteiger partial charge is 0.366 e. The number of nitrogens with one attached hydrogen (secondary N) is 2. The van der Waals surface area contributed by atoms with E-state index in [1.807, 2.05) is 29.7 Å². The van der Waals surface area contributed by atoms with Crippen LogP contribution in [-0.2, 0) is 0 Å². The van der Waals surface area contributed by atoms with Crippen molar-refractivity contribution in [3.05, 3.63) is 54.0 Å². The lowest BCUT2D eigenvalue weighted by Gasteiger charge is -2.13. The number of urea groups is 1. The number of hydrogen-bond donors (Lipinski definition) is 3. The predicted octanol–water partition coefficient (Wildman–Crippen LogP) is 2.16. The van der Waals surface area contributed by atoms with Gasteiger partial charge in [-0.2, -0.15) is 0 Å². The average molecular weight is 323 g/mol. The molecule has 0 spiro atoms. The van der Waals surface area contributed by atoms with Crippen LogP contribution >= 0.6 is 0 Å². The molecular weight excluding hydrogens is 306 g/mol. The van der Waals surface area contributed by atoms with Gasteiger partial charge in [0.05, 0.1) is 5.69 Å². The van der Waals surface area contributed by atoms with Gasteiger partial charge in [0.25, 0.3) is 0 Å². The highest BCUT2D eigenvalue weighted by Gasteiger charge is 2.13. The van der Waals surface area contributed by atoms with Gasteiger partial charge >= 0.3 is 6.03 Å². The van der Waals surface area contributed by atoms with Crippen LogP contribution in [0.1, 0.15) is 15.9 Å². The Morgan fingerprint density at radius 1 is 1.29 bits per heavy atom. The third kappa shape index (κ3) is 2.67. The van der Waals surface area contributed by atoms with Crippen molar-refractivity contribution >= 4 is 23.3 Å². The van der Waals surface area contributed by atoms with Crippen molar-refractivity contribution in [3.63, 3.8) is 0 Å². The molecule has 0 bridgehead atoms. The summed E-state index contributed by atoms with van der Waals surface area (Å²) >= 11 is 0. The van der Waals surface area contributed by atoms with Crippen LogP contribution < -0.4 is 16.4 Å². The molecule has 7 nitrogen and oxygen atoms in total. The predicted molar refractivity (Wildman–Crippen MR) is 92.0 cm³/mol. The Kier molecular flexibility index (Phi) is 3.91. The van der Waals surface area contributed by atoms with E-state index in [1.165, 1.54) is 0 Å². The van der Waals surface area contributed by atoms with Crippen LogP contribution in [-0.4, -0.2) is 28.4 Å². The first-order chi connectivity index (χ1) is 11.5. The van der Waals surface area contributed by atoms with E-state index < -0.39 is 5.91 Å². The second-order valence-corrected chi connectivity index (χ2v) is 5.35. The fourth-order valence-corrected chi connectivity index (χ4v) is 2.67. The van der Waals surface area contributed by atoms with Crippen LogP contribution in [0.5, 0.6) is 0 Å². The standard InChI is InChI=1S/C17H17N5O2/c1-10-12(4-3-5-13(10)15(18)23)11-8-14(21-17(24)19-2)16-20-6-7-22(16)9-11/h3-9H,1-2H3,(H2,18,23)(H2,19,21,24). The van der Waals surface area contributed by atoms with Crippen LogP contribution in [0.3, 0.4) is 0 Å². The fourth-order valence-electron chi connectivity index (χ4n) is 2.67. The summed E-state index contributed by atoms with van der Waals surface area (Å²) in [5, 5.41) is 5.28. The summed E-state index contributed by atoms with van der Waals surface area (Å²) < 4.78 is 1.82. The summed E-state index contributed by atoms with van der Waals surface area (Å²) in [6.45, 7) is 1.85. The second kappa shape index (κ2) is 6.04. The number of aromatic nitrogens is 2. The Hall–Kier alpha value is -3.35. The summed E-state index contributed by atoms with van der Waals surface area (Å²) in [7, 11) is 1.54. The highest BCUT2D eigenvalue weighted by atomic mass is 16.2. The molecule has 7 heteroatoms. The number of carbonyl (C=O) groups excluding carboxylic acids is 2. The number of imidazole rings is 1. The smallest absolute Gasteiger partial charge is 0.319 e. The molecule has 122 valence electrons. The summed E-state index contributed by atoms with van der Waals surface area (Å²) in [6.07, 6.45) is 5.34. The Labute approximate surface area is 138 Å². The van der Waals surface area contributed by atoms with Crippen molar-refractivity contribution in [2.45, 2.75) is 6.92 Å². The van der Waals surface area contributed by atoms with Crippen molar-refractivity contribution in [1.29, 1.82) is 0 Å². The van der Waals surface area contributed by atoms with E-state index in [0.717, 1.165) is 16.7 Å². The van der Waals surface area contributed by atoms with Gasteiger partial charge in [0.2, 0.25) is 5.91 Å². The fraction of sp³-hybridized carbons (Fsp3) is 0.118. The molecular formula is C17H17N5O2. The molecule has 3 aromatic rings. The van der Waals surface area contributed by atoms with Gasteiger partial charge in [-0.25, -0.2) is 9.78 Å².